The molecule has 0 spiro atoms. The van der Waals surface area contributed by atoms with Crippen molar-refractivity contribution in [3.05, 3.63) is 32.9 Å². The second-order valence-corrected chi connectivity index (χ2v) is 35.9. The minimum Gasteiger partial charge on any atom is -1.00 e. The van der Waals surface area contributed by atoms with Crippen LogP contribution in [-0.2, 0) is 0 Å². The van der Waals surface area contributed by atoms with E-state index in [0.717, 1.165) is 0 Å². The molecule has 5 heteroatoms. The third kappa shape index (κ3) is 5.77. The fourth-order valence-corrected chi connectivity index (χ4v) is 25.6. The van der Waals surface area contributed by atoms with E-state index in [1.54, 1.807) is 0 Å². The summed E-state index contributed by atoms with van der Waals surface area (Å²) in [4.78, 5) is 0. The van der Waals surface area contributed by atoms with E-state index in [4.69, 9.17) is 0 Å². The molecule has 0 aromatic rings. The summed E-state index contributed by atoms with van der Waals surface area (Å²) in [6.07, 6.45) is 7.93. The maximum atomic E-state index is 2.67. The van der Waals surface area contributed by atoms with E-state index >= 15 is 0 Å². The van der Waals surface area contributed by atoms with Crippen LogP contribution in [0.2, 0.25) is 78.6 Å². The second-order valence-electron chi connectivity index (χ2n) is 12.3. The standard InChI is InChI=1S/2C11H21Si2.Eu.H/c2*1-12(2,3)10-8-7-9-11(10)13(4,5)6;;/h2*8H,7H2,1-6H3;;/q;;;-1. The van der Waals surface area contributed by atoms with Gasteiger partial charge in [-0.2, -0.15) is 0 Å². The largest absolute Gasteiger partial charge is 1.00 e. The van der Waals surface area contributed by atoms with Crippen LogP contribution < -0.4 is 0 Å². The van der Waals surface area contributed by atoms with Crippen LogP contribution in [0.1, 0.15) is 14.3 Å². The second kappa shape index (κ2) is 8.16. The van der Waals surface area contributed by atoms with Crippen molar-refractivity contribution in [1.29, 1.82) is 0 Å². The summed E-state index contributed by atoms with van der Waals surface area (Å²) in [5.74, 6) is 0. The zero-order valence-electron chi connectivity index (χ0n) is 20.9. The van der Waals surface area contributed by atoms with E-state index in [1.807, 2.05) is 20.7 Å². The van der Waals surface area contributed by atoms with Crippen molar-refractivity contribution in [3.8, 4) is 0 Å². The van der Waals surface area contributed by atoms with Gasteiger partial charge in [-0.15, -0.1) is 0 Å². The predicted molar refractivity (Wildman–Crippen MR) is 134 cm³/mol. The van der Waals surface area contributed by atoms with Gasteiger partial charge in [0.15, 0.2) is 0 Å². The maximum Gasteiger partial charge on any atom is -1.00 e. The molecule has 2 rings (SSSR count). The van der Waals surface area contributed by atoms with Gasteiger partial charge in [0, 0.05) is 0 Å². The number of hydrogen-bond donors (Lipinski definition) is 0. The first-order chi connectivity index (χ1) is 11.9. The van der Waals surface area contributed by atoms with Crippen LogP contribution in [0, 0.1) is 44.6 Å². The minimum atomic E-state index is -1.29. The molecule has 0 bridgehead atoms. The van der Waals surface area contributed by atoms with Crippen LogP contribution in [0.5, 0.6) is 0 Å². The topological polar surface area (TPSA) is 0 Å². The Kier molecular flexibility index (Phi) is 7.46. The third-order valence-electron chi connectivity index (χ3n) is 5.40. The van der Waals surface area contributed by atoms with Crippen molar-refractivity contribution in [3.63, 3.8) is 0 Å². The number of rotatable bonds is 6. The summed E-state index contributed by atoms with van der Waals surface area (Å²) >= 11 is -0.457. The molecule has 0 aromatic carbocycles. The zero-order valence-corrected chi connectivity index (χ0v) is 26.4. The SMILES string of the molecule is C[Si](C)(C)C1=CC[C]([Eu][C]2=C([Si](C)(C)C)C([Si](C)(C)C)=CC2)=C1[Si](C)(C)C.[H-]. The maximum absolute atomic E-state index is 2.67. The summed E-state index contributed by atoms with van der Waals surface area (Å²) in [6.45, 7) is 30.9. The monoisotopic (exact) mass is 572 g/mol. The molecular formula is C22H43EuSi4-. The minimum absolute atomic E-state index is 0. The fraction of sp³-hybridized carbons (Fsp3) is 0.636. The van der Waals surface area contributed by atoms with Gasteiger partial charge in [0.1, 0.15) is 0 Å². The molecule has 0 aliphatic heterocycles. The van der Waals surface area contributed by atoms with E-state index < -0.39 is 76.9 Å². The Morgan fingerprint density at radius 2 is 0.852 bits per heavy atom. The summed E-state index contributed by atoms with van der Waals surface area (Å²) in [5, 5.41) is 7.51. The zero-order chi connectivity index (χ0) is 21.0. The van der Waals surface area contributed by atoms with Gasteiger partial charge in [0.25, 0.3) is 0 Å². The molecule has 0 unspecified atom stereocenters. The molecule has 0 aromatic heterocycles. The Labute approximate surface area is 200 Å². The van der Waals surface area contributed by atoms with Crippen LogP contribution in [0.3, 0.4) is 0 Å². The van der Waals surface area contributed by atoms with E-state index in [-0.39, 0.29) is 1.43 Å². The Balaban J connectivity index is 0.00000392. The summed E-state index contributed by atoms with van der Waals surface area (Å²) in [6, 6.07) is 0. The smallest absolute Gasteiger partial charge is 1.00 e. The first-order valence-corrected chi connectivity index (χ1v) is 26.9. The molecule has 0 saturated carbocycles. The van der Waals surface area contributed by atoms with Crippen LogP contribution in [0.15, 0.2) is 32.9 Å². The molecule has 2 aliphatic carbocycles. The summed E-state index contributed by atoms with van der Waals surface area (Å²) in [7, 11) is -5.06. The van der Waals surface area contributed by atoms with Crippen molar-refractivity contribution < 1.29 is 46.1 Å². The Hall–Kier alpha value is 1.41. The normalized spacial score (nSPS) is 19.9. The van der Waals surface area contributed by atoms with Crippen LogP contribution in [0.4, 0.5) is 0 Å². The molecule has 27 heavy (non-hydrogen) atoms. The van der Waals surface area contributed by atoms with Gasteiger partial charge in [-0.3, -0.25) is 0 Å². The molecule has 0 radical (unpaired) electrons. The number of allylic oxidation sites excluding steroid dienone is 8. The molecule has 0 nitrogen and oxygen atoms in total. The van der Waals surface area contributed by atoms with Crippen LogP contribution >= 0.6 is 0 Å². The fourth-order valence-electron chi connectivity index (χ4n) is 4.38. The van der Waals surface area contributed by atoms with Gasteiger partial charge in [-0.1, -0.05) is 0 Å². The number of hydrogen-bond acceptors (Lipinski definition) is 0. The molecule has 0 atom stereocenters. The molecule has 0 heterocycles. The van der Waals surface area contributed by atoms with Gasteiger partial charge in [-0.25, -0.2) is 0 Å². The Morgan fingerprint density at radius 3 is 1.07 bits per heavy atom. The summed E-state index contributed by atoms with van der Waals surface area (Å²) < 4.78 is 3.89. The molecule has 0 saturated heterocycles. The molecule has 0 N–H and O–H groups in total. The third-order valence-corrected chi connectivity index (χ3v) is 19.0. The average Bonchev–Trinajstić information content (AvgIpc) is 3.00. The Bertz CT molecular complexity index is 681. The van der Waals surface area contributed by atoms with Crippen molar-refractivity contribution in [2.45, 2.75) is 91.4 Å². The van der Waals surface area contributed by atoms with Crippen molar-refractivity contribution in [1.82, 2.24) is 0 Å². The molecule has 2 aliphatic rings. The summed E-state index contributed by atoms with van der Waals surface area (Å²) in [5.41, 5.74) is 0. The van der Waals surface area contributed by atoms with Gasteiger partial charge >= 0.3 is 201 Å². The van der Waals surface area contributed by atoms with Gasteiger partial charge in [0.2, 0.25) is 0 Å². The van der Waals surface area contributed by atoms with Crippen LogP contribution in [0.25, 0.3) is 0 Å². The molecule has 0 amide bonds. The van der Waals surface area contributed by atoms with Gasteiger partial charge in [-0.05, 0) is 0 Å². The van der Waals surface area contributed by atoms with Crippen LogP contribution in [-0.4, -0.2) is 32.3 Å². The first-order valence-electron chi connectivity index (χ1n) is 10.5. The predicted octanol–water partition coefficient (Wildman–Crippen LogP) is 7.86. The van der Waals surface area contributed by atoms with E-state index in [2.05, 4.69) is 90.7 Å². The molecule has 155 valence electrons. The van der Waals surface area contributed by atoms with Gasteiger partial charge < -0.3 is 1.43 Å². The average molecular weight is 572 g/mol. The van der Waals surface area contributed by atoms with E-state index in [9.17, 15) is 0 Å². The van der Waals surface area contributed by atoms with E-state index in [0.29, 0.717) is 0 Å². The van der Waals surface area contributed by atoms with Crippen molar-refractivity contribution >= 4 is 32.3 Å². The molecule has 0 fully saturated rings. The van der Waals surface area contributed by atoms with Crippen molar-refractivity contribution in [2.24, 2.45) is 0 Å². The quantitative estimate of drug-likeness (QED) is 0.285. The van der Waals surface area contributed by atoms with Gasteiger partial charge in [0.05, 0.1) is 0 Å². The van der Waals surface area contributed by atoms with Crippen molar-refractivity contribution in [2.75, 3.05) is 0 Å². The van der Waals surface area contributed by atoms with E-state index in [1.165, 1.54) is 12.8 Å². The first kappa shape index (κ1) is 24.7. The Morgan fingerprint density at radius 1 is 0.556 bits per heavy atom. The molecular weight excluding hydrogens is 529 g/mol.